The monoisotopic (exact) mass is 208 g/mol. The molecule has 0 aromatic carbocycles. The van der Waals surface area contributed by atoms with Gasteiger partial charge in [-0.25, -0.2) is 0 Å². The van der Waals surface area contributed by atoms with Crippen molar-refractivity contribution in [3.8, 4) is 11.5 Å². The molecule has 78 valence electrons. The van der Waals surface area contributed by atoms with Crippen LogP contribution in [0.15, 0.2) is 10.7 Å². The van der Waals surface area contributed by atoms with E-state index < -0.39 is 5.97 Å². The second kappa shape index (κ2) is 3.52. The second-order valence-electron chi connectivity index (χ2n) is 2.99. The van der Waals surface area contributed by atoms with Crippen LogP contribution in [-0.4, -0.2) is 31.4 Å². The van der Waals surface area contributed by atoms with Crippen molar-refractivity contribution < 1.29 is 14.4 Å². The average Bonchev–Trinajstić information content (AvgIpc) is 2.72. The molecule has 0 radical (unpaired) electrons. The first-order valence-corrected chi connectivity index (χ1v) is 4.21. The maximum Gasteiger partial charge on any atom is 0.311 e. The summed E-state index contributed by atoms with van der Waals surface area (Å²) in [5.41, 5.74) is 1.47. The van der Waals surface area contributed by atoms with E-state index in [2.05, 4.69) is 20.3 Å². The Morgan fingerprint density at radius 3 is 3.07 bits per heavy atom. The third-order valence-electron chi connectivity index (χ3n) is 1.84. The van der Waals surface area contributed by atoms with Gasteiger partial charge in [0.1, 0.15) is 6.42 Å². The van der Waals surface area contributed by atoms with Crippen LogP contribution < -0.4 is 0 Å². The Morgan fingerprint density at radius 1 is 1.67 bits per heavy atom. The molecule has 0 amide bonds. The molecule has 0 spiro atoms. The van der Waals surface area contributed by atoms with Gasteiger partial charge in [0, 0.05) is 5.69 Å². The van der Waals surface area contributed by atoms with Gasteiger partial charge < -0.3 is 9.63 Å². The maximum atomic E-state index is 10.4. The fourth-order valence-electron chi connectivity index (χ4n) is 1.14. The fourth-order valence-corrected chi connectivity index (χ4v) is 1.14. The normalized spacial score (nSPS) is 10.5. The Hall–Kier alpha value is -2.18. The molecule has 0 aliphatic carbocycles. The van der Waals surface area contributed by atoms with Crippen molar-refractivity contribution in [2.45, 2.75) is 13.3 Å². The summed E-state index contributed by atoms with van der Waals surface area (Å²) in [6.45, 7) is 1.81. The molecule has 2 heterocycles. The Labute approximate surface area is 84.1 Å². The van der Waals surface area contributed by atoms with Gasteiger partial charge in [-0.2, -0.15) is 10.1 Å². The number of carbonyl (C=O) groups is 1. The molecular weight excluding hydrogens is 200 g/mol. The standard InChI is InChI=1S/C8H8N4O3/c1-4-5(3-9-11-4)8-10-6(12-15-8)2-7(13)14/h3H,2H2,1H3,(H,9,11)(H,13,14). The number of hydrogen-bond donors (Lipinski definition) is 2. The molecule has 0 saturated heterocycles. The number of aromatic amines is 1. The van der Waals surface area contributed by atoms with E-state index in [4.69, 9.17) is 9.63 Å². The first-order valence-electron chi connectivity index (χ1n) is 4.21. The Balaban J connectivity index is 2.28. The molecule has 15 heavy (non-hydrogen) atoms. The van der Waals surface area contributed by atoms with Crippen molar-refractivity contribution in [3.63, 3.8) is 0 Å². The molecule has 7 nitrogen and oxygen atoms in total. The first kappa shape index (κ1) is 9.38. The topological polar surface area (TPSA) is 105 Å². The molecular formula is C8H8N4O3. The SMILES string of the molecule is Cc1[nH]ncc1-c1nc(CC(=O)O)no1. The van der Waals surface area contributed by atoms with Crippen LogP contribution in [0.2, 0.25) is 0 Å². The van der Waals surface area contributed by atoms with Crippen molar-refractivity contribution in [3.05, 3.63) is 17.7 Å². The van der Waals surface area contributed by atoms with Crippen molar-refractivity contribution in [2.24, 2.45) is 0 Å². The van der Waals surface area contributed by atoms with Crippen molar-refractivity contribution in [1.82, 2.24) is 20.3 Å². The van der Waals surface area contributed by atoms with E-state index in [9.17, 15) is 4.79 Å². The summed E-state index contributed by atoms with van der Waals surface area (Å²) < 4.78 is 4.91. The summed E-state index contributed by atoms with van der Waals surface area (Å²) in [5.74, 6) is -0.568. The van der Waals surface area contributed by atoms with Crippen molar-refractivity contribution >= 4 is 5.97 Å². The lowest BCUT2D eigenvalue weighted by atomic mass is 10.3. The van der Waals surface area contributed by atoms with E-state index in [-0.39, 0.29) is 18.1 Å². The van der Waals surface area contributed by atoms with Gasteiger partial charge in [-0.05, 0) is 6.92 Å². The van der Waals surface area contributed by atoms with E-state index >= 15 is 0 Å². The molecule has 2 N–H and O–H groups in total. The molecule has 0 fully saturated rings. The van der Waals surface area contributed by atoms with Crippen molar-refractivity contribution in [1.29, 1.82) is 0 Å². The van der Waals surface area contributed by atoms with Crippen LogP contribution >= 0.6 is 0 Å². The molecule has 0 aliphatic rings. The van der Waals surface area contributed by atoms with Gasteiger partial charge >= 0.3 is 5.97 Å². The highest BCUT2D eigenvalue weighted by Gasteiger charge is 2.14. The summed E-state index contributed by atoms with van der Waals surface area (Å²) in [5, 5.41) is 18.6. The summed E-state index contributed by atoms with van der Waals surface area (Å²) in [4.78, 5) is 14.3. The second-order valence-corrected chi connectivity index (χ2v) is 2.99. The van der Waals surface area contributed by atoms with Gasteiger partial charge in [-0.1, -0.05) is 5.16 Å². The van der Waals surface area contributed by atoms with Crippen LogP contribution in [0.1, 0.15) is 11.5 Å². The van der Waals surface area contributed by atoms with Crippen LogP contribution in [0.5, 0.6) is 0 Å². The predicted octanol–water partition coefficient (Wildman–Crippen LogP) is 0.395. The molecule has 0 unspecified atom stereocenters. The molecule has 0 atom stereocenters. The molecule has 0 saturated carbocycles. The van der Waals surface area contributed by atoms with Crippen LogP contribution in [0.3, 0.4) is 0 Å². The van der Waals surface area contributed by atoms with E-state index in [1.54, 1.807) is 6.20 Å². The van der Waals surface area contributed by atoms with Gasteiger partial charge in [-0.3, -0.25) is 9.89 Å². The molecule has 2 rings (SSSR count). The lowest BCUT2D eigenvalue weighted by molar-refractivity contribution is -0.136. The van der Waals surface area contributed by atoms with Crippen LogP contribution in [0, 0.1) is 6.92 Å². The number of rotatable bonds is 3. The number of carboxylic acids is 1. The third-order valence-corrected chi connectivity index (χ3v) is 1.84. The molecule has 7 heteroatoms. The van der Waals surface area contributed by atoms with Gasteiger partial charge in [-0.15, -0.1) is 0 Å². The lowest BCUT2D eigenvalue weighted by Crippen LogP contribution is -2.01. The number of aryl methyl sites for hydroxylation is 1. The number of hydrogen-bond acceptors (Lipinski definition) is 5. The Morgan fingerprint density at radius 2 is 2.47 bits per heavy atom. The smallest absolute Gasteiger partial charge is 0.311 e. The minimum Gasteiger partial charge on any atom is -0.481 e. The largest absolute Gasteiger partial charge is 0.481 e. The maximum absolute atomic E-state index is 10.4. The summed E-state index contributed by atoms with van der Waals surface area (Å²) in [6.07, 6.45) is 1.30. The molecule has 0 bridgehead atoms. The van der Waals surface area contributed by atoms with Crippen LogP contribution in [0.4, 0.5) is 0 Å². The quantitative estimate of drug-likeness (QED) is 0.756. The van der Waals surface area contributed by atoms with Gasteiger partial charge in [0.25, 0.3) is 5.89 Å². The number of aliphatic carboxylic acids is 1. The number of nitrogens with one attached hydrogen (secondary N) is 1. The van der Waals surface area contributed by atoms with Crippen molar-refractivity contribution in [2.75, 3.05) is 0 Å². The number of H-pyrrole nitrogens is 1. The number of nitrogens with zero attached hydrogens (tertiary/aromatic N) is 3. The van der Waals surface area contributed by atoms with E-state index in [1.807, 2.05) is 6.92 Å². The minimum absolute atomic E-state index is 0.151. The van der Waals surface area contributed by atoms with Gasteiger partial charge in [0.05, 0.1) is 11.8 Å². The first-order chi connectivity index (χ1) is 7.16. The highest BCUT2D eigenvalue weighted by Crippen LogP contribution is 2.18. The van der Waals surface area contributed by atoms with E-state index in [0.29, 0.717) is 5.56 Å². The van der Waals surface area contributed by atoms with Gasteiger partial charge in [0.15, 0.2) is 5.82 Å². The summed E-state index contributed by atoms with van der Waals surface area (Å²) >= 11 is 0. The van der Waals surface area contributed by atoms with Gasteiger partial charge in [0.2, 0.25) is 0 Å². The number of aromatic nitrogens is 4. The fraction of sp³-hybridized carbons (Fsp3) is 0.250. The highest BCUT2D eigenvalue weighted by atomic mass is 16.5. The third kappa shape index (κ3) is 1.85. The Kier molecular flexibility index (Phi) is 2.20. The lowest BCUT2D eigenvalue weighted by Gasteiger charge is -1.87. The zero-order valence-corrected chi connectivity index (χ0v) is 7.89. The zero-order chi connectivity index (χ0) is 10.8. The molecule has 2 aromatic rings. The van der Waals surface area contributed by atoms with E-state index in [0.717, 1.165) is 5.69 Å². The minimum atomic E-state index is -0.994. The zero-order valence-electron chi connectivity index (χ0n) is 7.89. The van der Waals surface area contributed by atoms with E-state index in [1.165, 1.54) is 0 Å². The average molecular weight is 208 g/mol. The Bertz CT molecular complexity index is 488. The number of carboxylic acid groups (broad SMARTS) is 1. The highest BCUT2D eigenvalue weighted by molar-refractivity contribution is 5.69. The predicted molar refractivity (Wildman–Crippen MR) is 48.0 cm³/mol. The summed E-state index contributed by atoms with van der Waals surface area (Å²) in [6, 6.07) is 0. The molecule has 2 aromatic heterocycles. The van der Waals surface area contributed by atoms with Crippen LogP contribution in [-0.2, 0) is 11.2 Å². The molecule has 0 aliphatic heterocycles. The van der Waals surface area contributed by atoms with Crippen LogP contribution in [0.25, 0.3) is 11.5 Å². The summed E-state index contributed by atoms with van der Waals surface area (Å²) in [7, 11) is 0.